The zero-order chi connectivity index (χ0) is 21.1. The number of benzene rings is 2. The van der Waals surface area contributed by atoms with Gasteiger partial charge in [0.15, 0.2) is 0 Å². The van der Waals surface area contributed by atoms with E-state index in [4.69, 9.17) is 16.6 Å². The van der Waals surface area contributed by atoms with Crippen LogP contribution in [0.15, 0.2) is 36.4 Å². The normalized spacial score (nSPS) is 16.7. The number of nitrogens with two attached hydrogens (primary N) is 1. The lowest BCUT2D eigenvalue weighted by atomic mass is 9.90. The molecule has 1 unspecified atom stereocenters. The summed E-state index contributed by atoms with van der Waals surface area (Å²) in [5.74, 6) is -1.01. The number of carbonyl (C=O) groups is 1. The first-order valence-electron chi connectivity index (χ1n) is 9.54. The molecule has 2 aromatic rings. The first kappa shape index (κ1) is 20.6. The van der Waals surface area contributed by atoms with E-state index in [9.17, 15) is 13.6 Å². The molecule has 152 valence electrons. The Bertz CT molecular complexity index is 973. The van der Waals surface area contributed by atoms with Crippen molar-refractivity contribution in [2.45, 2.75) is 32.6 Å². The summed E-state index contributed by atoms with van der Waals surface area (Å²) < 4.78 is 27.0. The number of piperidine rings is 1. The highest BCUT2D eigenvalue weighted by Gasteiger charge is 2.27. The van der Waals surface area contributed by atoms with Crippen LogP contribution in [0, 0.1) is 35.3 Å². The molecule has 7 heteroatoms. The van der Waals surface area contributed by atoms with Gasteiger partial charge in [-0.25, -0.2) is 8.78 Å². The Morgan fingerprint density at radius 1 is 1.24 bits per heavy atom. The van der Waals surface area contributed by atoms with Crippen LogP contribution in [-0.4, -0.2) is 29.0 Å². The summed E-state index contributed by atoms with van der Waals surface area (Å²) in [6.07, 6.45) is 2.46. The number of rotatable bonds is 5. The van der Waals surface area contributed by atoms with Crippen molar-refractivity contribution in [1.82, 2.24) is 4.90 Å². The van der Waals surface area contributed by atoms with Crippen molar-refractivity contribution in [3.63, 3.8) is 0 Å². The van der Waals surface area contributed by atoms with Gasteiger partial charge >= 0.3 is 0 Å². The summed E-state index contributed by atoms with van der Waals surface area (Å²) >= 11 is 0. The highest BCUT2D eigenvalue weighted by atomic mass is 19.1. The van der Waals surface area contributed by atoms with Crippen molar-refractivity contribution >= 4 is 17.6 Å². The topological polar surface area (TPSA) is 94.0 Å². The second-order valence-corrected chi connectivity index (χ2v) is 7.48. The van der Waals surface area contributed by atoms with E-state index in [1.165, 1.54) is 12.1 Å². The number of primary amides is 1. The van der Waals surface area contributed by atoms with Gasteiger partial charge in [0.2, 0.25) is 5.91 Å². The van der Waals surface area contributed by atoms with Gasteiger partial charge in [-0.2, -0.15) is 0 Å². The monoisotopic (exact) mass is 398 g/mol. The van der Waals surface area contributed by atoms with Crippen LogP contribution >= 0.6 is 0 Å². The summed E-state index contributed by atoms with van der Waals surface area (Å²) in [7, 11) is 0. The van der Waals surface area contributed by atoms with Crippen molar-refractivity contribution in [2.24, 2.45) is 11.7 Å². The molecule has 1 fully saturated rings. The highest BCUT2D eigenvalue weighted by Crippen LogP contribution is 2.26. The van der Waals surface area contributed by atoms with Crippen LogP contribution in [0.2, 0.25) is 0 Å². The molecular formula is C22H24F2N4O. The van der Waals surface area contributed by atoms with E-state index < -0.39 is 17.5 Å². The maximum atomic E-state index is 13.9. The largest absolute Gasteiger partial charge is 0.366 e. The molecule has 4 N–H and O–H groups in total. The number of aryl methyl sites for hydroxylation is 2. The third-order valence-corrected chi connectivity index (χ3v) is 5.44. The number of hydrogen-bond acceptors (Lipinski definition) is 3. The molecule has 1 atom stereocenters. The summed E-state index contributed by atoms with van der Waals surface area (Å²) in [5, 5.41) is 16.9. The van der Waals surface area contributed by atoms with Crippen molar-refractivity contribution < 1.29 is 13.6 Å². The minimum atomic E-state index is -0.592. The van der Waals surface area contributed by atoms with Gasteiger partial charge in [-0.1, -0.05) is 12.1 Å². The van der Waals surface area contributed by atoms with E-state index in [1.807, 2.05) is 6.92 Å². The first-order valence-corrected chi connectivity index (χ1v) is 9.54. The van der Waals surface area contributed by atoms with Crippen LogP contribution in [0.3, 0.4) is 0 Å². The van der Waals surface area contributed by atoms with E-state index in [-0.39, 0.29) is 11.8 Å². The fourth-order valence-corrected chi connectivity index (χ4v) is 3.66. The fraction of sp³-hybridized carbons (Fsp3) is 0.318. The van der Waals surface area contributed by atoms with Crippen LogP contribution in [0.4, 0.5) is 8.78 Å². The summed E-state index contributed by atoms with van der Waals surface area (Å²) in [6, 6.07) is 8.56. The maximum absolute atomic E-state index is 13.9. The zero-order valence-corrected chi connectivity index (χ0v) is 16.3. The molecule has 29 heavy (non-hydrogen) atoms. The lowest BCUT2D eigenvalue weighted by molar-refractivity contribution is 0.1000. The van der Waals surface area contributed by atoms with Gasteiger partial charge in [0.05, 0.1) is 0 Å². The molecule has 3 rings (SSSR count). The average Bonchev–Trinajstić information content (AvgIpc) is 2.68. The fourth-order valence-electron chi connectivity index (χ4n) is 3.66. The molecule has 2 aromatic carbocycles. The molecular weight excluding hydrogens is 374 g/mol. The maximum Gasteiger partial charge on any atom is 0.248 e. The van der Waals surface area contributed by atoms with Crippen molar-refractivity contribution in [1.29, 1.82) is 10.8 Å². The van der Waals surface area contributed by atoms with Gasteiger partial charge in [0.25, 0.3) is 0 Å². The van der Waals surface area contributed by atoms with Crippen molar-refractivity contribution in [3.05, 3.63) is 70.3 Å². The number of amidine groups is 2. The quantitative estimate of drug-likeness (QED) is 0.524. The molecule has 0 aromatic heterocycles. The van der Waals surface area contributed by atoms with Gasteiger partial charge in [-0.15, -0.1) is 0 Å². The SMILES string of the molecule is Cc1ccc(C(N)=O)cc1C(=N)N1CC(CCc2ccc(F)cc2F)CCC1=N. The molecule has 1 amide bonds. The second-order valence-electron chi connectivity index (χ2n) is 7.48. The van der Waals surface area contributed by atoms with Gasteiger partial charge in [-0.05, 0) is 61.4 Å². The summed E-state index contributed by atoms with van der Waals surface area (Å²) in [5.41, 5.74) is 7.54. The highest BCUT2D eigenvalue weighted by molar-refractivity contribution is 6.09. The standard InChI is InChI=1S/C22H24F2N4O/c1-13-2-5-16(22(27)29)10-18(13)21(26)28-12-14(4-9-20(28)25)3-6-15-7-8-17(23)11-19(15)24/h2,5,7-8,10-11,14,25-26H,3-4,6,9,12H2,1H3,(H2,27,29). The number of nitrogens with one attached hydrogen (secondary N) is 2. The molecule has 0 spiro atoms. The van der Waals surface area contributed by atoms with E-state index in [0.717, 1.165) is 18.1 Å². The Labute approximate surface area is 168 Å². The van der Waals surface area contributed by atoms with E-state index in [2.05, 4.69) is 0 Å². The first-order chi connectivity index (χ1) is 13.8. The average molecular weight is 398 g/mol. The lowest BCUT2D eigenvalue weighted by Crippen LogP contribution is -2.44. The number of halogens is 2. The minimum Gasteiger partial charge on any atom is -0.366 e. The van der Waals surface area contributed by atoms with Gasteiger partial charge in [0, 0.05) is 30.2 Å². The Morgan fingerprint density at radius 2 is 2.00 bits per heavy atom. The number of carbonyl (C=O) groups excluding carboxylic acids is 1. The molecule has 0 bridgehead atoms. The molecule has 1 heterocycles. The van der Waals surface area contributed by atoms with Crippen LogP contribution in [0.25, 0.3) is 0 Å². The molecule has 1 saturated heterocycles. The Hall–Kier alpha value is -3.09. The molecule has 1 aliphatic heterocycles. The number of nitrogens with zero attached hydrogens (tertiary/aromatic N) is 1. The molecule has 0 saturated carbocycles. The predicted molar refractivity (Wildman–Crippen MR) is 108 cm³/mol. The van der Waals surface area contributed by atoms with Gasteiger partial charge in [-0.3, -0.25) is 15.6 Å². The smallest absolute Gasteiger partial charge is 0.248 e. The number of hydrogen-bond donors (Lipinski definition) is 3. The van der Waals surface area contributed by atoms with Crippen LogP contribution in [0.5, 0.6) is 0 Å². The minimum absolute atomic E-state index is 0.160. The van der Waals surface area contributed by atoms with Crippen molar-refractivity contribution in [3.8, 4) is 0 Å². The number of amides is 1. The summed E-state index contributed by atoms with van der Waals surface area (Å²) in [6.45, 7) is 2.32. The Kier molecular flexibility index (Phi) is 6.06. The molecule has 1 aliphatic rings. The van der Waals surface area contributed by atoms with Gasteiger partial charge in [0.1, 0.15) is 23.3 Å². The zero-order valence-electron chi connectivity index (χ0n) is 16.3. The van der Waals surface area contributed by atoms with Crippen LogP contribution in [-0.2, 0) is 6.42 Å². The van der Waals surface area contributed by atoms with Crippen LogP contribution in [0.1, 0.15) is 46.3 Å². The van der Waals surface area contributed by atoms with Gasteiger partial charge < -0.3 is 10.6 Å². The van der Waals surface area contributed by atoms with E-state index >= 15 is 0 Å². The molecule has 0 radical (unpaired) electrons. The lowest BCUT2D eigenvalue weighted by Gasteiger charge is -2.35. The summed E-state index contributed by atoms with van der Waals surface area (Å²) in [4.78, 5) is 13.1. The Balaban J connectivity index is 1.72. The Morgan fingerprint density at radius 3 is 2.69 bits per heavy atom. The number of likely N-dealkylation sites (tertiary alicyclic amines) is 1. The van der Waals surface area contributed by atoms with E-state index in [0.29, 0.717) is 48.3 Å². The predicted octanol–water partition coefficient (Wildman–Crippen LogP) is 4.02. The van der Waals surface area contributed by atoms with Crippen LogP contribution < -0.4 is 5.73 Å². The third kappa shape index (κ3) is 4.67. The van der Waals surface area contributed by atoms with E-state index in [1.54, 1.807) is 23.1 Å². The third-order valence-electron chi connectivity index (χ3n) is 5.44. The molecule has 5 nitrogen and oxygen atoms in total. The molecule has 0 aliphatic carbocycles. The second kappa shape index (κ2) is 8.51. The van der Waals surface area contributed by atoms with Crippen molar-refractivity contribution in [2.75, 3.05) is 6.54 Å².